The Morgan fingerprint density at radius 2 is 1.77 bits per heavy atom. The van der Waals surface area contributed by atoms with Gasteiger partial charge in [-0.25, -0.2) is 4.39 Å². The van der Waals surface area contributed by atoms with E-state index in [1.54, 1.807) is 13.0 Å². The van der Waals surface area contributed by atoms with Crippen molar-refractivity contribution < 1.29 is 9.18 Å². The fourth-order valence-electron chi connectivity index (χ4n) is 3.17. The number of alkyl halides is 1. The van der Waals surface area contributed by atoms with E-state index in [2.05, 4.69) is 31.0 Å². The highest BCUT2D eigenvalue weighted by Crippen LogP contribution is 2.31. The van der Waals surface area contributed by atoms with Crippen LogP contribution in [0.15, 0.2) is 18.2 Å². The highest BCUT2D eigenvalue weighted by atomic mass is 35.5. The van der Waals surface area contributed by atoms with Gasteiger partial charge in [-0.1, -0.05) is 44.0 Å². The third-order valence-corrected chi connectivity index (χ3v) is 5.55. The second-order valence-electron chi connectivity index (χ2n) is 8.54. The number of likely N-dealkylation sites (tertiary alicyclic amines) is 1. The van der Waals surface area contributed by atoms with E-state index < -0.39 is 11.7 Å². The molecule has 0 spiro atoms. The van der Waals surface area contributed by atoms with E-state index in [1.165, 1.54) is 12.1 Å². The van der Waals surface area contributed by atoms with Gasteiger partial charge in [0.15, 0.2) is 0 Å². The maximum atomic E-state index is 15.4. The van der Waals surface area contributed by atoms with Crippen LogP contribution in [0.3, 0.4) is 0 Å². The van der Waals surface area contributed by atoms with Gasteiger partial charge in [0.1, 0.15) is 5.67 Å². The summed E-state index contributed by atoms with van der Waals surface area (Å²) >= 11 is 11.9. The van der Waals surface area contributed by atoms with Crippen molar-refractivity contribution in [2.75, 3.05) is 19.6 Å². The van der Waals surface area contributed by atoms with Crippen LogP contribution in [0, 0.1) is 5.41 Å². The first-order valence-electron chi connectivity index (χ1n) is 9.17. The smallest absolute Gasteiger partial charge is 0.251 e. The molecule has 0 bridgehead atoms. The van der Waals surface area contributed by atoms with Gasteiger partial charge >= 0.3 is 0 Å². The highest BCUT2D eigenvalue weighted by Gasteiger charge is 2.40. The standard InChI is InChI=1S/C20H29Cl2FN2O/c1-14(24-18(26)15-11-16(21)13-17(22)12-15)20(23)6-9-25(10-7-20)8-5-19(2,3)4/h11-14H,5-10H2,1-4H3,(H,24,26). The van der Waals surface area contributed by atoms with Gasteiger partial charge in [-0.2, -0.15) is 0 Å². The lowest BCUT2D eigenvalue weighted by Crippen LogP contribution is -2.54. The fourth-order valence-corrected chi connectivity index (χ4v) is 3.70. The van der Waals surface area contributed by atoms with E-state index in [9.17, 15) is 4.79 Å². The Morgan fingerprint density at radius 3 is 2.27 bits per heavy atom. The Labute approximate surface area is 166 Å². The van der Waals surface area contributed by atoms with Crippen LogP contribution in [0.25, 0.3) is 0 Å². The number of hydrogen-bond acceptors (Lipinski definition) is 2. The lowest BCUT2D eigenvalue weighted by atomic mass is 9.86. The van der Waals surface area contributed by atoms with Crippen molar-refractivity contribution in [3.8, 4) is 0 Å². The third-order valence-electron chi connectivity index (χ3n) is 5.11. The minimum Gasteiger partial charge on any atom is -0.346 e. The van der Waals surface area contributed by atoms with Crippen molar-refractivity contribution in [3.63, 3.8) is 0 Å². The number of halogens is 3. The number of nitrogens with one attached hydrogen (secondary N) is 1. The molecule has 1 heterocycles. The van der Waals surface area contributed by atoms with Gasteiger partial charge in [0.05, 0.1) is 6.04 Å². The fraction of sp³-hybridized carbons (Fsp3) is 0.650. The minimum atomic E-state index is -1.39. The summed E-state index contributed by atoms with van der Waals surface area (Å²) in [4.78, 5) is 14.7. The summed E-state index contributed by atoms with van der Waals surface area (Å²) in [5, 5.41) is 3.56. The summed E-state index contributed by atoms with van der Waals surface area (Å²) in [7, 11) is 0. The molecule has 0 radical (unpaired) electrons. The van der Waals surface area contributed by atoms with Gasteiger partial charge in [-0.15, -0.1) is 0 Å². The largest absolute Gasteiger partial charge is 0.346 e. The van der Waals surface area contributed by atoms with Crippen molar-refractivity contribution in [2.24, 2.45) is 5.41 Å². The summed E-state index contributed by atoms with van der Waals surface area (Å²) in [6.07, 6.45) is 1.94. The normalized spacial score (nSPS) is 19.2. The van der Waals surface area contributed by atoms with E-state index >= 15 is 4.39 Å². The number of amides is 1. The molecule has 1 aliphatic rings. The molecule has 26 heavy (non-hydrogen) atoms. The second-order valence-corrected chi connectivity index (χ2v) is 9.41. The first-order valence-corrected chi connectivity index (χ1v) is 9.92. The molecule has 0 aromatic heterocycles. The molecule has 1 aliphatic heterocycles. The van der Waals surface area contributed by atoms with E-state index in [1.807, 2.05) is 0 Å². The zero-order chi connectivity index (χ0) is 19.5. The van der Waals surface area contributed by atoms with E-state index in [-0.39, 0.29) is 11.3 Å². The van der Waals surface area contributed by atoms with Crippen LogP contribution in [-0.4, -0.2) is 42.2 Å². The average molecular weight is 403 g/mol. The summed E-state index contributed by atoms with van der Waals surface area (Å²) in [5.74, 6) is -0.353. The Hall–Kier alpha value is -0.840. The molecule has 1 fully saturated rings. The molecule has 2 rings (SSSR count). The topological polar surface area (TPSA) is 32.3 Å². The van der Waals surface area contributed by atoms with E-state index in [0.29, 0.717) is 28.5 Å². The Bertz CT molecular complexity index is 617. The first-order chi connectivity index (χ1) is 12.0. The van der Waals surface area contributed by atoms with Gasteiger partial charge < -0.3 is 10.2 Å². The predicted octanol–water partition coefficient (Wildman–Crippen LogP) is 5.35. The Balaban J connectivity index is 1.91. The van der Waals surface area contributed by atoms with Crippen LogP contribution < -0.4 is 5.32 Å². The first kappa shape index (κ1) is 21.5. The minimum absolute atomic E-state index is 0.281. The van der Waals surface area contributed by atoms with E-state index in [4.69, 9.17) is 23.2 Å². The Kier molecular flexibility index (Phi) is 6.98. The molecule has 146 valence electrons. The number of piperidine rings is 1. The van der Waals surface area contributed by atoms with Crippen molar-refractivity contribution in [1.82, 2.24) is 10.2 Å². The van der Waals surface area contributed by atoms with Crippen molar-refractivity contribution >= 4 is 29.1 Å². The molecular formula is C20H29Cl2FN2O. The molecule has 3 nitrogen and oxygen atoms in total. The molecule has 1 saturated heterocycles. The van der Waals surface area contributed by atoms with Crippen LogP contribution in [0.5, 0.6) is 0 Å². The summed E-state index contributed by atoms with van der Waals surface area (Å²) in [6.45, 7) is 10.8. The van der Waals surface area contributed by atoms with Gasteiger partial charge in [0, 0.05) is 28.7 Å². The van der Waals surface area contributed by atoms with Crippen LogP contribution in [0.2, 0.25) is 10.0 Å². The number of benzene rings is 1. The maximum absolute atomic E-state index is 15.4. The van der Waals surface area contributed by atoms with Crippen molar-refractivity contribution in [1.29, 1.82) is 0 Å². The molecule has 1 amide bonds. The molecule has 0 aliphatic carbocycles. The summed E-state index contributed by atoms with van der Waals surface area (Å²) in [5.41, 5.74) is -0.763. The number of hydrogen-bond donors (Lipinski definition) is 1. The zero-order valence-electron chi connectivity index (χ0n) is 16.0. The SMILES string of the molecule is CC(NC(=O)c1cc(Cl)cc(Cl)c1)C1(F)CCN(CCC(C)(C)C)CC1. The van der Waals surface area contributed by atoms with Gasteiger partial charge in [-0.05, 0) is 56.3 Å². The summed E-state index contributed by atoms with van der Waals surface area (Å²) in [6, 6.07) is 4.07. The number of carbonyl (C=O) groups is 1. The monoisotopic (exact) mass is 402 g/mol. The second kappa shape index (κ2) is 8.45. The molecule has 1 aromatic carbocycles. The Morgan fingerprint density at radius 1 is 1.23 bits per heavy atom. The van der Waals surface area contributed by atoms with Crippen LogP contribution in [-0.2, 0) is 0 Å². The quantitative estimate of drug-likeness (QED) is 0.719. The van der Waals surface area contributed by atoms with Gasteiger partial charge in [0.25, 0.3) is 5.91 Å². The zero-order valence-corrected chi connectivity index (χ0v) is 17.6. The number of rotatable bonds is 5. The average Bonchev–Trinajstić information content (AvgIpc) is 2.52. The maximum Gasteiger partial charge on any atom is 0.251 e. The summed E-state index contributed by atoms with van der Waals surface area (Å²) < 4.78 is 15.4. The molecule has 1 N–H and O–H groups in total. The molecule has 6 heteroatoms. The van der Waals surface area contributed by atoms with Gasteiger partial charge in [0.2, 0.25) is 0 Å². The number of nitrogens with zero attached hydrogens (tertiary/aromatic N) is 1. The van der Waals surface area contributed by atoms with Crippen LogP contribution in [0.1, 0.15) is 57.3 Å². The van der Waals surface area contributed by atoms with Crippen molar-refractivity contribution in [3.05, 3.63) is 33.8 Å². The van der Waals surface area contributed by atoms with Crippen LogP contribution >= 0.6 is 23.2 Å². The molecule has 0 saturated carbocycles. The number of carbonyl (C=O) groups excluding carboxylic acids is 1. The van der Waals surface area contributed by atoms with Crippen molar-refractivity contribution in [2.45, 2.75) is 58.7 Å². The molecule has 1 aromatic rings. The predicted molar refractivity (Wildman–Crippen MR) is 107 cm³/mol. The van der Waals surface area contributed by atoms with Gasteiger partial charge in [-0.3, -0.25) is 4.79 Å². The molecular weight excluding hydrogens is 374 g/mol. The van der Waals surface area contributed by atoms with Crippen LogP contribution in [0.4, 0.5) is 4.39 Å². The van der Waals surface area contributed by atoms with E-state index in [0.717, 1.165) is 26.1 Å². The lowest BCUT2D eigenvalue weighted by Gasteiger charge is -2.40. The lowest BCUT2D eigenvalue weighted by molar-refractivity contribution is 0.0258. The molecule has 1 unspecified atom stereocenters. The highest BCUT2D eigenvalue weighted by molar-refractivity contribution is 6.35. The molecule has 1 atom stereocenters. The third kappa shape index (κ3) is 6.11.